The van der Waals surface area contributed by atoms with E-state index in [0.717, 1.165) is 29.2 Å². The fraction of sp³-hybridized carbons (Fsp3) is 0.250. The molecule has 3 aromatic rings. The van der Waals surface area contributed by atoms with Gasteiger partial charge in [-0.15, -0.1) is 0 Å². The third kappa shape index (κ3) is 5.82. The van der Waals surface area contributed by atoms with Crippen molar-refractivity contribution in [2.75, 3.05) is 5.73 Å². The van der Waals surface area contributed by atoms with Crippen LogP contribution in [0.1, 0.15) is 46.9 Å². The smallest absolute Gasteiger partial charge is 0.255 e. The molecule has 29 heavy (non-hydrogen) atoms. The van der Waals surface area contributed by atoms with E-state index >= 15 is 0 Å². The van der Waals surface area contributed by atoms with Crippen LogP contribution < -0.4 is 15.8 Å². The number of nitrogens with two attached hydrogens (primary N) is 1. The second-order valence-electron chi connectivity index (χ2n) is 7.07. The Labute approximate surface area is 171 Å². The number of hydrogen-bond donors (Lipinski definition) is 2. The summed E-state index contributed by atoms with van der Waals surface area (Å²) in [5.41, 5.74) is 9.26. The SMILES string of the molecule is CCCCc1cccc(Oc2ccc(CNC(=O)c3ccc(C)nc3N)cc2)c1. The van der Waals surface area contributed by atoms with Crippen LogP contribution in [0.2, 0.25) is 0 Å². The molecule has 150 valence electrons. The highest BCUT2D eigenvalue weighted by Gasteiger charge is 2.10. The van der Waals surface area contributed by atoms with Gasteiger partial charge in [0.15, 0.2) is 0 Å². The number of benzene rings is 2. The topological polar surface area (TPSA) is 77.2 Å². The second kappa shape index (κ2) is 9.73. The van der Waals surface area contributed by atoms with Crippen molar-refractivity contribution in [1.29, 1.82) is 0 Å². The van der Waals surface area contributed by atoms with E-state index in [9.17, 15) is 4.79 Å². The van der Waals surface area contributed by atoms with Crippen molar-refractivity contribution in [3.05, 3.63) is 83.0 Å². The molecule has 0 saturated carbocycles. The number of nitrogen functional groups attached to an aromatic ring is 1. The van der Waals surface area contributed by atoms with Crippen molar-refractivity contribution >= 4 is 11.7 Å². The lowest BCUT2D eigenvalue weighted by Gasteiger charge is -2.10. The van der Waals surface area contributed by atoms with Crippen LogP contribution in [0.15, 0.2) is 60.7 Å². The third-order valence-electron chi connectivity index (χ3n) is 4.64. The first-order valence-corrected chi connectivity index (χ1v) is 9.92. The molecular weight excluding hydrogens is 362 g/mol. The van der Waals surface area contributed by atoms with Gasteiger partial charge in [0.2, 0.25) is 0 Å². The van der Waals surface area contributed by atoms with Gasteiger partial charge in [0.05, 0.1) is 5.56 Å². The van der Waals surface area contributed by atoms with E-state index in [1.807, 2.05) is 43.3 Å². The standard InChI is InChI=1S/C24H27N3O2/c1-3-4-6-18-7-5-8-21(15-18)29-20-12-10-19(11-13-20)16-26-24(28)22-14-9-17(2)27-23(22)25/h5,7-15H,3-4,6,16H2,1-2H3,(H2,25,27)(H,26,28). The fourth-order valence-corrected chi connectivity index (χ4v) is 3.00. The normalized spacial score (nSPS) is 10.6. The molecular formula is C24H27N3O2. The Morgan fingerprint density at radius 3 is 2.55 bits per heavy atom. The monoisotopic (exact) mass is 389 g/mol. The number of nitrogens with zero attached hydrogens (tertiary/aromatic N) is 1. The molecule has 3 N–H and O–H groups in total. The van der Waals surface area contributed by atoms with E-state index in [4.69, 9.17) is 10.5 Å². The number of unbranched alkanes of at least 4 members (excludes halogenated alkanes) is 1. The molecule has 0 aliphatic carbocycles. The molecule has 3 rings (SSSR count). The molecule has 0 fully saturated rings. The quantitative estimate of drug-likeness (QED) is 0.566. The molecule has 1 heterocycles. The molecule has 5 nitrogen and oxygen atoms in total. The third-order valence-corrected chi connectivity index (χ3v) is 4.64. The summed E-state index contributed by atoms with van der Waals surface area (Å²) in [6.45, 7) is 4.43. The first-order chi connectivity index (χ1) is 14.0. The minimum absolute atomic E-state index is 0.237. The molecule has 0 radical (unpaired) electrons. The lowest BCUT2D eigenvalue weighted by molar-refractivity contribution is 0.0951. The highest BCUT2D eigenvalue weighted by atomic mass is 16.5. The van der Waals surface area contributed by atoms with Gasteiger partial charge in [0, 0.05) is 12.2 Å². The maximum Gasteiger partial charge on any atom is 0.255 e. The number of hydrogen-bond acceptors (Lipinski definition) is 4. The lowest BCUT2D eigenvalue weighted by atomic mass is 10.1. The largest absolute Gasteiger partial charge is 0.457 e. The zero-order chi connectivity index (χ0) is 20.6. The van der Waals surface area contributed by atoms with Gasteiger partial charge in [-0.3, -0.25) is 4.79 Å². The summed E-state index contributed by atoms with van der Waals surface area (Å²) in [7, 11) is 0. The maximum atomic E-state index is 12.3. The first-order valence-electron chi connectivity index (χ1n) is 9.92. The molecule has 0 atom stereocenters. The van der Waals surface area contributed by atoms with Crippen molar-refractivity contribution in [3.63, 3.8) is 0 Å². The maximum absolute atomic E-state index is 12.3. The summed E-state index contributed by atoms with van der Waals surface area (Å²) in [4.78, 5) is 16.4. The van der Waals surface area contributed by atoms with Crippen molar-refractivity contribution < 1.29 is 9.53 Å². The highest BCUT2D eigenvalue weighted by molar-refractivity contribution is 5.98. The molecule has 0 saturated heterocycles. The summed E-state index contributed by atoms with van der Waals surface area (Å²) >= 11 is 0. The van der Waals surface area contributed by atoms with E-state index < -0.39 is 0 Å². The molecule has 0 aliphatic rings. The zero-order valence-corrected chi connectivity index (χ0v) is 16.9. The number of amides is 1. The number of aromatic nitrogens is 1. The number of pyridine rings is 1. The van der Waals surface area contributed by atoms with E-state index in [0.29, 0.717) is 12.1 Å². The van der Waals surface area contributed by atoms with Gasteiger partial charge in [0.25, 0.3) is 5.91 Å². The van der Waals surface area contributed by atoms with Crippen molar-refractivity contribution in [2.45, 2.75) is 39.7 Å². The van der Waals surface area contributed by atoms with Gasteiger partial charge >= 0.3 is 0 Å². The number of nitrogens with one attached hydrogen (secondary N) is 1. The van der Waals surface area contributed by atoms with Gasteiger partial charge in [0.1, 0.15) is 17.3 Å². The summed E-state index contributed by atoms with van der Waals surface area (Å²) in [5.74, 6) is 1.60. The molecule has 5 heteroatoms. The highest BCUT2D eigenvalue weighted by Crippen LogP contribution is 2.23. The number of rotatable bonds is 8. The summed E-state index contributed by atoms with van der Waals surface area (Å²) in [6.07, 6.45) is 3.41. The molecule has 1 aromatic heterocycles. The van der Waals surface area contributed by atoms with Gasteiger partial charge in [-0.2, -0.15) is 0 Å². The Bertz CT molecular complexity index is 968. The molecule has 2 aromatic carbocycles. The minimum Gasteiger partial charge on any atom is -0.457 e. The average Bonchev–Trinajstić information content (AvgIpc) is 2.72. The molecule has 0 aliphatic heterocycles. The zero-order valence-electron chi connectivity index (χ0n) is 16.9. The van der Waals surface area contributed by atoms with Crippen molar-refractivity contribution in [1.82, 2.24) is 10.3 Å². The van der Waals surface area contributed by atoms with Gasteiger partial charge in [-0.1, -0.05) is 37.6 Å². The fourth-order valence-electron chi connectivity index (χ4n) is 3.00. The number of anilines is 1. The predicted molar refractivity (Wildman–Crippen MR) is 116 cm³/mol. The van der Waals surface area contributed by atoms with Crippen LogP contribution in [-0.2, 0) is 13.0 Å². The van der Waals surface area contributed by atoms with E-state index in [1.54, 1.807) is 12.1 Å². The Morgan fingerprint density at radius 1 is 1.03 bits per heavy atom. The number of carbonyl (C=O) groups excluding carboxylic acids is 1. The Balaban J connectivity index is 1.57. The van der Waals surface area contributed by atoms with Crippen LogP contribution in [0.25, 0.3) is 0 Å². The molecule has 0 unspecified atom stereocenters. The summed E-state index contributed by atoms with van der Waals surface area (Å²) in [5, 5.41) is 2.87. The predicted octanol–water partition coefficient (Wildman–Crippen LogP) is 5.04. The van der Waals surface area contributed by atoms with E-state index in [-0.39, 0.29) is 11.7 Å². The first kappa shape index (κ1) is 20.4. The Hall–Kier alpha value is -3.34. The number of carbonyl (C=O) groups is 1. The van der Waals surface area contributed by atoms with Gasteiger partial charge in [-0.25, -0.2) is 4.98 Å². The van der Waals surface area contributed by atoms with Crippen LogP contribution in [-0.4, -0.2) is 10.9 Å². The van der Waals surface area contributed by atoms with Crippen molar-refractivity contribution in [2.24, 2.45) is 0 Å². The van der Waals surface area contributed by atoms with Crippen molar-refractivity contribution in [3.8, 4) is 11.5 Å². The van der Waals surface area contributed by atoms with E-state index in [2.05, 4.69) is 29.4 Å². The molecule has 0 bridgehead atoms. The summed E-state index contributed by atoms with van der Waals surface area (Å²) < 4.78 is 5.96. The van der Waals surface area contributed by atoms with E-state index in [1.165, 1.54) is 18.4 Å². The van der Waals surface area contributed by atoms with Gasteiger partial charge in [-0.05, 0) is 67.3 Å². The number of aryl methyl sites for hydroxylation is 2. The Morgan fingerprint density at radius 2 is 1.83 bits per heavy atom. The summed E-state index contributed by atoms with van der Waals surface area (Å²) in [6, 6.07) is 19.4. The van der Waals surface area contributed by atoms with Crippen LogP contribution in [0, 0.1) is 6.92 Å². The lowest BCUT2D eigenvalue weighted by Crippen LogP contribution is -2.24. The van der Waals surface area contributed by atoms with Crippen LogP contribution >= 0.6 is 0 Å². The van der Waals surface area contributed by atoms with Gasteiger partial charge < -0.3 is 15.8 Å². The average molecular weight is 389 g/mol. The Kier molecular flexibility index (Phi) is 6.85. The molecule has 0 spiro atoms. The van der Waals surface area contributed by atoms with Crippen LogP contribution in [0.3, 0.4) is 0 Å². The molecule has 1 amide bonds. The minimum atomic E-state index is -0.237. The van der Waals surface area contributed by atoms with Crippen LogP contribution in [0.5, 0.6) is 11.5 Å². The number of ether oxygens (including phenoxy) is 1. The second-order valence-corrected chi connectivity index (χ2v) is 7.07. The van der Waals surface area contributed by atoms with Crippen LogP contribution in [0.4, 0.5) is 5.82 Å².